The first kappa shape index (κ1) is 12.0. The third kappa shape index (κ3) is 2.53. The van der Waals surface area contributed by atoms with Crippen molar-refractivity contribution in [1.82, 2.24) is 5.32 Å². The standard InChI is InChI=1S/C13H18ClNOS/c14-13-6-10-11(2-1-3-12(10)17-13)15-7-8-4-9(16)5-8/h6,8-9,11,15-16H,1-5,7H2. The molecule has 0 aromatic carbocycles. The van der Waals surface area contributed by atoms with Crippen LogP contribution < -0.4 is 5.32 Å². The van der Waals surface area contributed by atoms with Crippen LogP contribution in [-0.4, -0.2) is 17.8 Å². The Bertz CT molecular complexity index is 400. The highest BCUT2D eigenvalue weighted by atomic mass is 35.5. The molecule has 17 heavy (non-hydrogen) atoms. The van der Waals surface area contributed by atoms with Crippen molar-refractivity contribution in [3.8, 4) is 0 Å². The number of hydrogen-bond donors (Lipinski definition) is 2. The van der Waals surface area contributed by atoms with Crippen molar-refractivity contribution in [3.05, 3.63) is 20.8 Å². The van der Waals surface area contributed by atoms with Gasteiger partial charge in [-0.15, -0.1) is 11.3 Å². The number of aliphatic hydroxyl groups is 1. The maximum absolute atomic E-state index is 9.27. The van der Waals surface area contributed by atoms with E-state index in [9.17, 15) is 5.11 Å². The normalized spacial score (nSPS) is 32.0. The molecule has 2 aliphatic carbocycles. The van der Waals surface area contributed by atoms with Crippen molar-refractivity contribution < 1.29 is 5.11 Å². The monoisotopic (exact) mass is 271 g/mol. The van der Waals surface area contributed by atoms with E-state index in [0.29, 0.717) is 12.0 Å². The second-order valence-electron chi connectivity index (χ2n) is 5.27. The minimum Gasteiger partial charge on any atom is -0.393 e. The fourth-order valence-corrected chi connectivity index (χ4v) is 4.29. The van der Waals surface area contributed by atoms with Crippen LogP contribution in [-0.2, 0) is 6.42 Å². The molecule has 94 valence electrons. The molecule has 1 saturated carbocycles. The predicted molar refractivity (Wildman–Crippen MR) is 71.7 cm³/mol. The third-order valence-corrected chi connectivity index (χ3v) is 5.29. The van der Waals surface area contributed by atoms with E-state index in [1.54, 1.807) is 11.3 Å². The van der Waals surface area contributed by atoms with Gasteiger partial charge >= 0.3 is 0 Å². The molecule has 1 atom stereocenters. The number of hydrogen-bond acceptors (Lipinski definition) is 3. The van der Waals surface area contributed by atoms with Crippen LogP contribution in [0.25, 0.3) is 0 Å². The SMILES string of the molecule is OC1CC(CNC2CCCc3sc(Cl)cc32)C1. The zero-order valence-electron chi connectivity index (χ0n) is 9.79. The van der Waals surface area contributed by atoms with Gasteiger partial charge < -0.3 is 10.4 Å². The average molecular weight is 272 g/mol. The summed E-state index contributed by atoms with van der Waals surface area (Å²) in [5, 5.41) is 12.9. The van der Waals surface area contributed by atoms with E-state index in [4.69, 9.17) is 11.6 Å². The van der Waals surface area contributed by atoms with Gasteiger partial charge in [0.15, 0.2) is 0 Å². The molecule has 0 spiro atoms. The summed E-state index contributed by atoms with van der Waals surface area (Å²) >= 11 is 7.83. The molecule has 2 N–H and O–H groups in total. The van der Waals surface area contributed by atoms with Crippen molar-refractivity contribution in [2.45, 2.75) is 44.2 Å². The van der Waals surface area contributed by atoms with Crippen LogP contribution in [0.1, 0.15) is 42.2 Å². The Balaban J connectivity index is 1.60. The summed E-state index contributed by atoms with van der Waals surface area (Å²) in [5.41, 5.74) is 1.42. The number of halogens is 1. The first-order chi connectivity index (χ1) is 8.22. The lowest BCUT2D eigenvalue weighted by molar-refractivity contribution is 0.0416. The summed E-state index contributed by atoms with van der Waals surface area (Å²) in [6, 6.07) is 2.62. The van der Waals surface area contributed by atoms with Crippen LogP contribution in [0, 0.1) is 5.92 Å². The van der Waals surface area contributed by atoms with Crippen molar-refractivity contribution in [2.75, 3.05) is 6.54 Å². The molecule has 1 aromatic heterocycles. The topological polar surface area (TPSA) is 32.3 Å². The molecular formula is C13H18ClNOS. The van der Waals surface area contributed by atoms with Crippen molar-refractivity contribution in [3.63, 3.8) is 0 Å². The molecule has 2 nitrogen and oxygen atoms in total. The minimum atomic E-state index is -0.0423. The highest BCUT2D eigenvalue weighted by Crippen LogP contribution is 2.38. The summed E-state index contributed by atoms with van der Waals surface area (Å²) < 4.78 is 0.919. The molecule has 4 heteroatoms. The van der Waals surface area contributed by atoms with Gasteiger partial charge in [-0.2, -0.15) is 0 Å². The minimum absolute atomic E-state index is 0.0423. The average Bonchev–Trinajstić information content (AvgIpc) is 2.63. The van der Waals surface area contributed by atoms with E-state index in [0.717, 1.165) is 23.7 Å². The zero-order valence-corrected chi connectivity index (χ0v) is 11.4. The number of thiophene rings is 1. The highest BCUT2D eigenvalue weighted by molar-refractivity contribution is 7.16. The Morgan fingerprint density at radius 1 is 1.47 bits per heavy atom. The number of aliphatic hydroxyl groups excluding tert-OH is 1. The molecule has 1 unspecified atom stereocenters. The Hall–Kier alpha value is -0.0900. The lowest BCUT2D eigenvalue weighted by atomic mass is 9.82. The molecule has 1 fully saturated rings. The molecular weight excluding hydrogens is 254 g/mol. The van der Waals surface area contributed by atoms with E-state index in [1.807, 2.05) is 0 Å². The molecule has 3 rings (SSSR count). The van der Waals surface area contributed by atoms with Crippen LogP contribution in [0.5, 0.6) is 0 Å². The van der Waals surface area contributed by atoms with Gasteiger partial charge in [-0.1, -0.05) is 11.6 Å². The highest BCUT2D eigenvalue weighted by Gasteiger charge is 2.29. The second kappa shape index (κ2) is 4.88. The van der Waals surface area contributed by atoms with Gasteiger partial charge in [-0.25, -0.2) is 0 Å². The van der Waals surface area contributed by atoms with Crippen molar-refractivity contribution >= 4 is 22.9 Å². The van der Waals surface area contributed by atoms with E-state index in [-0.39, 0.29) is 6.10 Å². The molecule has 2 aliphatic rings. The summed E-state index contributed by atoms with van der Waals surface area (Å²) in [6.45, 7) is 1.04. The predicted octanol–water partition coefficient (Wildman–Crippen LogP) is 3.14. The first-order valence-corrected chi connectivity index (χ1v) is 7.61. The molecule has 0 aliphatic heterocycles. The fourth-order valence-electron chi connectivity index (χ4n) is 2.91. The summed E-state index contributed by atoms with van der Waals surface area (Å²) in [6.07, 6.45) is 5.56. The second-order valence-corrected chi connectivity index (χ2v) is 7.04. The van der Waals surface area contributed by atoms with Gasteiger partial charge in [-0.05, 0) is 56.2 Å². The Kier molecular flexibility index (Phi) is 3.44. The Morgan fingerprint density at radius 3 is 3.06 bits per heavy atom. The molecule has 0 amide bonds. The number of aryl methyl sites for hydroxylation is 1. The van der Waals surface area contributed by atoms with Crippen molar-refractivity contribution in [2.24, 2.45) is 5.92 Å². The summed E-state index contributed by atoms with van der Waals surface area (Å²) in [4.78, 5) is 1.47. The third-order valence-electron chi connectivity index (χ3n) is 3.95. The quantitative estimate of drug-likeness (QED) is 0.885. The van der Waals surface area contributed by atoms with Crippen molar-refractivity contribution in [1.29, 1.82) is 0 Å². The number of fused-ring (bicyclic) bond motifs is 1. The van der Waals surface area contributed by atoms with E-state index >= 15 is 0 Å². The fraction of sp³-hybridized carbons (Fsp3) is 0.692. The molecule has 1 heterocycles. The zero-order chi connectivity index (χ0) is 11.8. The smallest absolute Gasteiger partial charge is 0.0934 e. The van der Waals surface area contributed by atoms with E-state index < -0.39 is 0 Å². The van der Waals surface area contributed by atoms with Gasteiger partial charge in [0, 0.05) is 10.9 Å². The lowest BCUT2D eigenvalue weighted by Gasteiger charge is -2.33. The van der Waals surface area contributed by atoms with Crippen LogP contribution in [0.3, 0.4) is 0 Å². The maximum Gasteiger partial charge on any atom is 0.0934 e. The van der Waals surface area contributed by atoms with Crippen LogP contribution >= 0.6 is 22.9 Å². The van der Waals surface area contributed by atoms with E-state index in [2.05, 4.69) is 11.4 Å². The number of rotatable bonds is 3. The molecule has 0 bridgehead atoms. The summed E-state index contributed by atoms with van der Waals surface area (Å²) in [5.74, 6) is 0.671. The lowest BCUT2D eigenvalue weighted by Crippen LogP contribution is -2.38. The Morgan fingerprint density at radius 2 is 2.29 bits per heavy atom. The first-order valence-electron chi connectivity index (χ1n) is 6.42. The van der Waals surface area contributed by atoms with Gasteiger partial charge in [0.1, 0.15) is 0 Å². The number of nitrogens with one attached hydrogen (secondary N) is 1. The van der Waals surface area contributed by atoms with Gasteiger partial charge in [0.25, 0.3) is 0 Å². The maximum atomic E-state index is 9.27. The van der Waals surface area contributed by atoms with Crippen LogP contribution in [0.2, 0.25) is 4.34 Å². The molecule has 1 aromatic rings. The Labute approximate surface area is 111 Å². The van der Waals surface area contributed by atoms with E-state index in [1.165, 1.54) is 29.7 Å². The van der Waals surface area contributed by atoms with Gasteiger partial charge in [-0.3, -0.25) is 0 Å². The molecule has 0 radical (unpaired) electrons. The van der Waals surface area contributed by atoms with Crippen LogP contribution in [0.15, 0.2) is 6.07 Å². The van der Waals surface area contributed by atoms with Crippen LogP contribution in [0.4, 0.5) is 0 Å². The van der Waals surface area contributed by atoms with Gasteiger partial charge in [0.05, 0.1) is 10.4 Å². The summed E-state index contributed by atoms with van der Waals surface area (Å²) in [7, 11) is 0. The molecule has 0 saturated heterocycles. The van der Waals surface area contributed by atoms with Gasteiger partial charge in [0.2, 0.25) is 0 Å². The largest absolute Gasteiger partial charge is 0.393 e.